The Morgan fingerprint density at radius 1 is 1.00 bits per heavy atom. The Bertz CT molecular complexity index is 1010. The van der Waals surface area contributed by atoms with Crippen molar-refractivity contribution in [2.45, 2.75) is 0 Å². The number of carboxylic acid groups (broad SMARTS) is 1. The molecule has 0 spiro atoms. The van der Waals surface area contributed by atoms with Gasteiger partial charge in [0.2, 0.25) is 0 Å². The second kappa shape index (κ2) is 8.05. The molecule has 2 aromatic carbocycles. The molecule has 0 aliphatic rings. The highest BCUT2D eigenvalue weighted by Crippen LogP contribution is 2.18. The van der Waals surface area contributed by atoms with Crippen molar-refractivity contribution in [1.29, 1.82) is 0 Å². The third-order valence-corrected chi connectivity index (χ3v) is 3.68. The molecule has 5 nitrogen and oxygen atoms in total. The number of rotatable bonds is 5. The van der Waals surface area contributed by atoms with Crippen molar-refractivity contribution in [2.24, 2.45) is 0 Å². The molecule has 27 heavy (non-hydrogen) atoms. The number of hydrogen-bond acceptors (Lipinski definition) is 3. The monoisotopic (exact) mass is 362 g/mol. The summed E-state index contributed by atoms with van der Waals surface area (Å²) in [7, 11) is 0. The maximum atomic E-state index is 13.1. The molecule has 0 atom stereocenters. The Labute approximate surface area is 154 Å². The third-order valence-electron chi connectivity index (χ3n) is 3.68. The molecule has 3 rings (SSSR count). The molecule has 2 N–H and O–H groups in total. The summed E-state index contributed by atoms with van der Waals surface area (Å²) in [6.07, 6.45) is 2.46. The van der Waals surface area contributed by atoms with E-state index in [1.165, 1.54) is 18.2 Å². The minimum atomic E-state index is -1.05. The van der Waals surface area contributed by atoms with Gasteiger partial charge in [-0.1, -0.05) is 18.2 Å². The number of amides is 1. The van der Waals surface area contributed by atoms with Crippen molar-refractivity contribution in [2.75, 3.05) is 5.32 Å². The van der Waals surface area contributed by atoms with E-state index in [1.54, 1.807) is 54.6 Å². The number of nitrogens with zero attached hydrogens (tertiary/aromatic N) is 1. The van der Waals surface area contributed by atoms with Crippen molar-refractivity contribution in [3.63, 3.8) is 0 Å². The van der Waals surface area contributed by atoms with E-state index in [9.17, 15) is 14.0 Å². The van der Waals surface area contributed by atoms with Crippen LogP contribution in [0.1, 0.15) is 16.1 Å². The first-order valence-electron chi connectivity index (χ1n) is 8.07. The van der Waals surface area contributed by atoms with Gasteiger partial charge in [-0.05, 0) is 60.2 Å². The predicted molar refractivity (Wildman–Crippen MR) is 101 cm³/mol. The minimum Gasteiger partial charge on any atom is -0.478 e. The first-order chi connectivity index (χ1) is 13.0. The van der Waals surface area contributed by atoms with E-state index in [0.717, 1.165) is 6.08 Å². The SMILES string of the molecule is O=C(O)/C=C/c1cccc(NC(=O)c2cccc(-c3ccc(F)cc3)n2)c1. The summed E-state index contributed by atoms with van der Waals surface area (Å²) < 4.78 is 13.1. The normalized spacial score (nSPS) is 10.7. The van der Waals surface area contributed by atoms with E-state index in [4.69, 9.17) is 5.11 Å². The fraction of sp³-hybridized carbons (Fsp3) is 0. The Hall–Kier alpha value is -3.80. The molecule has 0 aliphatic carbocycles. The zero-order chi connectivity index (χ0) is 19.2. The number of carbonyl (C=O) groups excluding carboxylic acids is 1. The largest absolute Gasteiger partial charge is 0.478 e. The first kappa shape index (κ1) is 18.0. The Morgan fingerprint density at radius 2 is 1.74 bits per heavy atom. The number of aliphatic carboxylic acids is 1. The molecule has 0 bridgehead atoms. The van der Waals surface area contributed by atoms with Crippen LogP contribution in [0.25, 0.3) is 17.3 Å². The lowest BCUT2D eigenvalue weighted by Crippen LogP contribution is -2.13. The molecule has 6 heteroatoms. The molecule has 1 amide bonds. The highest BCUT2D eigenvalue weighted by Gasteiger charge is 2.10. The lowest BCUT2D eigenvalue weighted by molar-refractivity contribution is -0.131. The summed E-state index contributed by atoms with van der Waals surface area (Å²) >= 11 is 0. The van der Waals surface area contributed by atoms with E-state index >= 15 is 0 Å². The third kappa shape index (κ3) is 4.85. The fourth-order valence-corrected chi connectivity index (χ4v) is 2.43. The highest BCUT2D eigenvalue weighted by atomic mass is 19.1. The number of hydrogen-bond donors (Lipinski definition) is 2. The van der Waals surface area contributed by atoms with Crippen molar-refractivity contribution < 1.29 is 19.1 Å². The highest BCUT2D eigenvalue weighted by molar-refractivity contribution is 6.03. The van der Waals surface area contributed by atoms with Crippen molar-refractivity contribution in [3.8, 4) is 11.3 Å². The van der Waals surface area contributed by atoms with Gasteiger partial charge in [0, 0.05) is 17.3 Å². The van der Waals surface area contributed by atoms with Gasteiger partial charge in [-0.25, -0.2) is 14.2 Å². The van der Waals surface area contributed by atoms with E-state index in [-0.39, 0.29) is 11.5 Å². The van der Waals surface area contributed by atoms with Gasteiger partial charge in [0.15, 0.2) is 0 Å². The second-order valence-corrected chi connectivity index (χ2v) is 5.67. The van der Waals surface area contributed by atoms with Gasteiger partial charge in [0.25, 0.3) is 5.91 Å². The molecule has 0 fully saturated rings. The molecule has 0 aliphatic heterocycles. The van der Waals surface area contributed by atoms with Crippen LogP contribution in [0.2, 0.25) is 0 Å². The Balaban J connectivity index is 1.79. The van der Waals surface area contributed by atoms with E-state index < -0.39 is 11.9 Å². The van der Waals surface area contributed by atoms with Crippen LogP contribution in [0, 0.1) is 5.82 Å². The van der Waals surface area contributed by atoms with E-state index in [1.807, 2.05) is 0 Å². The number of carboxylic acids is 1. The Morgan fingerprint density at radius 3 is 2.48 bits per heavy atom. The molecule has 3 aromatic rings. The first-order valence-corrected chi connectivity index (χ1v) is 8.07. The molecular formula is C21H15FN2O3. The zero-order valence-electron chi connectivity index (χ0n) is 14.1. The number of pyridine rings is 1. The number of anilines is 1. The summed E-state index contributed by atoms with van der Waals surface area (Å²) in [5, 5.41) is 11.4. The quantitative estimate of drug-likeness (QED) is 0.666. The second-order valence-electron chi connectivity index (χ2n) is 5.67. The van der Waals surface area contributed by atoms with E-state index in [0.29, 0.717) is 22.5 Å². The van der Waals surface area contributed by atoms with Crippen LogP contribution >= 0.6 is 0 Å². The average Bonchev–Trinajstić information content (AvgIpc) is 2.67. The summed E-state index contributed by atoms with van der Waals surface area (Å²) in [6.45, 7) is 0. The number of halogens is 1. The van der Waals surface area contributed by atoms with E-state index in [2.05, 4.69) is 10.3 Å². The van der Waals surface area contributed by atoms with Crippen LogP contribution in [-0.4, -0.2) is 22.0 Å². The van der Waals surface area contributed by atoms with Crippen LogP contribution in [0.15, 0.2) is 72.8 Å². The molecule has 0 saturated heterocycles. The molecule has 0 saturated carbocycles. The van der Waals surface area contributed by atoms with Gasteiger partial charge in [-0.2, -0.15) is 0 Å². The van der Waals surface area contributed by atoms with Gasteiger partial charge in [0.1, 0.15) is 11.5 Å². The van der Waals surface area contributed by atoms with Crippen LogP contribution in [0.3, 0.4) is 0 Å². The lowest BCUT2D eigenvalue weighted by Gasteiger charge is -2.07. The number of aromatic nitrogens is 1. The Kier molecular flexibility index (Phi) is 5.37. The van der Waals surface area contributed by atoms with Gasteiger partial charge < -0.3 is 10.4 Å². The molecule has 134 valence electrons. The maximum absolute atomic E-state index is 13.1. The topological polar surface area (TPSA) is 79.3 Å². The zero-order valence-corrected chi connectivity index (χ0v) is 14.1. The van der Waals surface area contributed by atoms with Crippen LogP contribution in [0.4, 0.5) is 10.1 Å². The van der Waals surface area contributed by atoms with Crippen LogP contribution in [-0.2, 0) is 4.79 Å². The van der Waals surface area contributed by atoms with Gasteiger partial charge in [-0.3, -0.25) is 4.79 Å². The predicted octanol–water partition coefficient (Wildman–Crippen LogP) is 4.24. The summed E-state index contributed by atoms with van der Waals surface area (Å²) in [5.74, 6) is -1.80. The van der Waals surface area contributed by atoms with Crippen LogP contribution in [0.5, 0.6) is 0 Å². The number of nitrogens with one attached hydrogen (secondary N) is 1. The summed E-state index contributed by atoms with van der Waals surface area (Å²) in [4.78, 5) is 27.4. The molecule has 1 heterocycles. The molecular weight excluding hydrogens is 347 g/mol. The standard InChI is InChI=1S/C21H15FN2O3/c22-16-10-8-15(9-11-16)18-5-2-6-19(24-18)21(27)23-17-4-1-3-14(13-17)7-12-20(25)26/h1-13H,(H,23,27)(H,25,26)/b12-7+. The molecule has 0 radical (unpaired) electrons. The van der Waals surface area contributed by atoms with Crippen molar-refractivity contribution in [1.82, 2.24) is 4.98 Å². The van der Waals surface area contributed by atoms with Gasteiger partial charge in [-0.15, -0.1) is 0 Å². The number of benzene rings is 2. The lowest BCUT2D eigenvalue weighted by atomic mass is 10.1. The smallest absolute Gasteiger partial charge is 0.328 e. The average molecular weight is 362 g/mol. The maximum Gasteiger partial charge on any atom is 0.328 e. The van der Waals surface area contributed by atoms with Crippen molar-refractivity contribution >= 4 is 23.6 Å². The minimum absolute atomic E-state index is 0.211. The fourth-order valence-electron chi connectivity index (χ4n) is 2.43. The molecule has 0 unspecified atom stereocenters. The van der Waals surface area contributed by atoms with Gasteiger partial charge >= 0.3 is 5.97 Å². The van der Waals surface area contributed by atoms with Crippen molar-refractivity contribution in [3.05, 3.63) is 89.9 Å². The summed E-state index contributed by atoms with van der Waals surface area (Å²) in [5.41, 5.74) is 2.63. The van der Waals surface area contributed by atoms with Gasteiger partial charge in [0.05, 0.1) is 5.69 Å². The molecule has 1 aromatic heterocycles. The van der Waals surface area contributed by atoms with Crippen LogP contribution < -0.4 is 5.32 Å². The number of carbonyl (C=O) groups is 2. The summed E-state index contributed by atoms with van der Waals surface area (Å²) in [6, 6.07) is 17.7.